The Kier molecular flexibility index (Phi) is 3.44. The van der Waals surface area contributed by atoms with E-state index in [1.54, 1.807) is 19.2 Å². The number of rotatable bonds is 4. The van der Waals surface area contributed by atoms with Crippen molar-refractivity contribution in [1.29, 1.82) is 0 Å². The van der Waals surface area contributed by atoms with E-state index >= 15 is 0 Å². The van der Waals surface area contributed by atoms with Crippen LogP contribution < -0.4 is 0 Å². The highest BCUT2D eigenvalue weighted by Crippen LogP contribution is 2.14. The van der Waals surface area contributed by atoms with Crippen molar-refractivity contribution >= 4 is 10.1 Å². The van der Waals surface area contributed by atoms with Gasteiger partial charge in [-0.15, -0.1) is 5.10 Å². The van der Waals surface area contributed by atoms with E-state index in [-0.39, 0.29) is 11.5 Å². The number of hydrogen-bond acceptors (Lipinski definition) is 5. The molecular formula is C11H13N3O3S. The molecule has 7 heteroatoms. The summed E-state index contributed by atoms with van der Waals surface area (Å²) in [6, 6.07) is 6.49. The van der Waals surface area contributed by atoms with Crippen LogP contribution in [0.15, 0.2) is 35.4 Å². The van der Waals surface area contributed by atoms with E-state index in [0.29, 0.717) is 5.69 Å². The van der Waals surface area contributed by atoms with Gasteiger partial charge in [0.2, 0.25) is 0 Å². The molecule has 0 bridgehead atoms. The Labute approximate surface area is 105 Å². The molecule has 0 saturated carbocycles. The zero-order valence-corrected chi connectivity index (χ0v) is 10.9. The van der Waals surface area contributed by atoms with E-state index in [0.717, 1.165) is 5.56 Å². The first-order chi connectivity index (χ1) is 8.49. The highest BCUT2D eigenvalue weighted by molar-refractivity contribution is 7.86. The van der Waals surface area contributed by atoms with Crippen molar-refractivity contribution in [1.82, 2.24) is 15.0 Å². The Morgan fingerprint density at radius 1 is 1.28 bits per heavy atom. The summed E-state index contributed by atoms with van der Waals surface area (Å²) in [6.07, 6.45) is 1.46. The topological polar surface area (TPSA) is 74.1 Å². The van der Waals surface area contributed by atoms with Crippen molar-refractivity contribution in [3.8, 4) is 0 Å². The fraction of sp³-hybridized carbons (Fsp3) is 0.273. The van der Waals surface area contributed by atoms with Crippen LogP contribution in [0.4, 0.5) is 0 Å². The molecule has 1 heterocycles. The lowest BCUT2D eigenvalue weighted by Gasteiger charge is -2.05. The Balaban J connectivity index is 2.13. The molecule has 0 aliphatic rings. The van der Waals surface area contributed by atoms with Crippen molar-refractivity contribution in [2.45, 2.75) is 18.4 Å². The van der Waals surface area contributed by atoms with Gasteiger partial charge < -0.3 is 0 Å². The lowest BCUT2D eigenvalue weighted by atomic mass is 10.2. The van der Waals surface area contributed by atoms with E-state index in [1.807, 2.05) is 6.92 Å². The Bertz CT molecular complexity index is 632. The van der Waals surface area contributed by atoms with Gasteiger partial charge in [0.25, 0.3) is 10.1 Å². The monoisotopic (exact) mass is 267 g/mol. The molecule has 0 N–H and O–H groups in total. The molecule has 1 aromatic heterocycles. The molecule has 0 fully saturated rings. The Morgan fingerprint density at radius 2 is 1.94 bits per heavy atom. The summed E-state index contributed by atoms with van der Waals surface area (Å²) < 4.78 is 30.2. The van der Waals surface area contributed by atoms with Gasteiger partial charge in [0, 0.05) is 7.05 Å². The number of aromatic nitrogens is 3. The van der Waals surface area contributed by atoms with Gasteiger partial charge >= 0.3 is 0 Å². The minimum Gasteiger partial charge on any atom is -0.260 e. The second-order valence-electron chi connectivity index (χ2n) is 3.88. The van der Waals surface area contributed by atoms with E-state index < -0.39 is 10.1 Å². The van der Waals surface area contributed by atoms with Gasteiger partial charge in [0.15, 0.2) is 0 Å². The first kappa shape index (κ1) is 12.7. The van der Waals surface area contributed by atoms with E-state index in [1.165, 1.54) is 23.0 Å². The molecule has 2 rings (SSSR count). The zero-order valence-electron chi connectivity index (χ0n) is 10.1. The molecule has 0 spiro atoms. The predicted molar refractivity (Wildman–Crippen MR) is 64.2 cm³/mol. The number of nitrogens with zero attached hydrogens (tertiary/aromatic N) is 3. The van der Waals surface area contributed by atoms with Crippen LogP contribution in [0.3, 0.4) is 0 Å². The molecule has 2 aromatic rings. The van der Waals surface area contributed by atoms with Crippen LogP contribution in [0.5, 0.6) is 0 Å². The fourth-order valence-corrected chi connectivity index (χ4v) is 2.23. The molecule has 96 valence electrons. The highest BCUT2D eigenvalue weighted by atomic mass is 32.2. The van der Waals surface area contributed by atoms with Crippen LogP contribution in [0.2, 0.25) is 0 Å². The second-order valence-corrected chi connectivity index (χ2v) is 5.49. The summed E-state index contributed by atoms with van der Waals surface area (Å²) in [6.45, 7) is 1.80. The number of benzene rings is 1. The van der Waals surface area contributed by atoms with Gasteiger partial charge in [0.05, 0.1) is 16.8 Å². The molecule has 0 aliphatic carbocycles. The van der Waals surface area contributed by atoms with Gasteiger partial charge in [-0.2, -0.15) is 8.42 Å². The average Bonchev–Trinajstić information content (AvgIpc) is 2.73. The second kappa shape index (κ2) is 4.87. The quantitative estimate of drug-likeness (QED) is 0.773. The molecule has 18 heavy (non-hydrogen) atoms. The minimum absolute atomic E-state index is 0.0836. The molecule has 6 nitrogen and oxygen atoms in total. The summed E-state index contributed by atoms with van der Waals surface area (Å²) in [5.41, 5.74) is 1.58. The summed E-state index contributed by atoms with van der Waals surface area (Å²) in [5, 5.41) is 7.34. The maximum absolute atomic E-state index is 11.9. The molecule has 1 aromatic carbocycles. The molecular weight excluding hydrogens is 254 g/mol. The van der Waals surface area contributed by atoms with Gasteiger partial charge in [-0.3, -0.25) is 8.86 Å². The van der Waals surface area contributed by atoms with Crippen molar-refractivity contribution in [2.75, 3.05) is 0 Å². The lowest BCUT2D eigenvalue weighted by molar-refractivity contribution is 0.297. The van der Waals surface area contributed by atoms with Gasteiger partial charge in [-0.25, -0.2) is 0 Å². The summed E-state index contributed by atoms with van der Waals surface area (Å²) in [7, 11) is -2.07. The van der Waals surface area contributed by atoms with Crippen LogP contribution >= 0.6 is 0 Å². The van der Waals surface area contributed by atoms with Gasteiger partial charge in [0.1, 0.15) is 6.61 Å². The van der Waals surface area contributed by atoms with Gasteiger partial charge in [-0.1, -0.05) is 22.9 Å². The summed E-state index contributed by atoms with van der Waals surface area (Å²) >= 11 is 0. The molecule has 0 atom stereocenters. The van der Waals surface area contributed by atoms with Crippen LogP contribution in [0.1, 0.15) is 11.3 Å². The number of hydrogen-bond donors (Lipinski definition) is 0. The molecule has 0 unspecified atom stereocenters. The number of aryl methyl sites for hydroxylation is 2. The van der Waals surface area contributed by atoms with E-state index in [2.05, 4.69) is 10.3 Å². The van der Waals surface area contributed by atoms with Crippen molar-refractivity contribution in [3.05, 3.63) is 41.7 Å². The summed E-state index contributed by atoms with van der Waals surface area (Å²) in [5.74, 6) is 0. The molecule has 0 radical (unpaired) electrons. The highest BCUT2D eigenvalue weighted by Gasteiger charge is 2.15. The SMILES string of the molecule is Cc1ccc(S(=O)(=O)OCc2cnnn2C)cc1. The Hall–Kier alpha value is -1.73. The minimum atomic E-state index is -3.74. The molecule has 0 saturated heterocycles. The third-order valence-corrected chi connectivity index (χ3v) is 3.76. The van der Waals surface area contributed by atoms with E-state index in [4.69, 9.17) is 4.18 Å². The lowest BCUT2D eigenvalue weighted by Crippen LogP contribution is -2.08. The third kappa shape index (κ3) is 2.74. The molecule has 0 aliphatic heterocycles. The largest absolute Gasteiger partial charge is 0.297 e. The normalized spacial score (nSPS) is 11.7. The van der Waals surface area contributed by atoms with Crippen LogP contribution in [-0.4, -0.2) is 23.4 Å². The fourth-order valence-electron chi connectivity index (χ4n) is 1.35. The van der Waals surface area contributed by atoms with Crippen molar-refractivity contribution in [3.63, 3.8) is 0 Å². The first-order valence-electron chi connectivity index (χ1n) is 5.29. The third-order valence-electron chi connectivity index (χ3n) is 2.48. The maximum atomic E-state index is 11.9. The standard InChI is InChI=1S/C11H13N3O3S/c1-9-3-5-11(6-4-9)18(15,16)17-8-10-7-12-13-14(10)2/h3-7H,8H2,1-2H3. The zero-order chi connectivity index (χ0) is 13.2. The van der Waals surface area contributed by atoms with Crippen LogP contribution in [-0.2, 0) is 28.0 Å². The molecule has 0 amide bonds. The van der Waals surface area contributed by atoms with Crippen LogP contribution in [0.25, 0.3) is 0 Å². The first-order valence-corrected chi connectivity index (χ1v) is 6.69. The van der Waals surface area contributed by atoms with E-state index in [9.17, 15) is 8.42 Å². The van der Waals surface area contributed by atoms with Gasteiger partial charge in [-0.05, 0) is 19.1 Å². The summed E-state index contributed by atoms with van der Waals surface area (Å²) in [4.78, 5) is 0.142. The van der Waals surface area contributed by atoms with Crippen molar-refractivity contribution < 1.29 is 12.6 Å². The smallest absolute Gasteiger partial charge is 0.260 e. The van der Waals surface area contributed by atoms with Crippen molar-refractivity contribution in [2.24, 2.45) is 7.05 Å². The average molecular weight is 267 g/mol. The predicted octanol–water partition coefficient (Wildman–Crippen LogP) is 1.03. The van der Waals surface area contributed by atoms with Crippen LogP contribution in [0, 0.1) is 6.92 Å². The Morgan fingerprint density at radius 3 is 2.50 bits per heavy atom. The maximum Gasteiger partial charge on any atom is 0.297 e.